The number of esters is 2. The van der Waals surface area contributed by atoms with E-state index < -0.39 is 6.09 Å². The van der Waals surface area contributed by atoms with Crippen LogP contribution in [0, 0.1) is 0 Å². The molecule has 0 saturated carbocycles. The van der Waals surface area contributed by atoms with E-state index in [0.29, 0.717) is 37.8 Å². The first kappa shape index (κ1) is 25.8. The monoisotopic (exact) mass is 468 g/mol. The second-order valence-electron chi connectivity index (χ2n) is 7.77. The molecule has 0 N–H and O–H groups in total. The van der Waals surface area contributed by atoms with Crippen molar-refractivity contribution in [1.82, 2.24) is 8.61 Å². The molecule has 32 heavy (non-hydrogen) atoms. The molecular formula is C22H32N2O7S. The van der Waals surface area contributed by atoms with Crippen LogP contribution in [0.15, 0.2) is 18.2 Å². The second-order valence-corrected chi connectivity index (χ2v) is 9.00. The van der Waals surface area contributed by atoms with Gasteiger partial charge < -0.3 is 18.9 Å². The summed E-state index contributed by atoms with van der Waals surface area (Å²) in [6.45, 7) is 8.59. The van der Waals surface area contributed by atoms with Crippen LogP contribution in [-0.4, -0.2) is 65.6 Å². The lowest BCUT2D eigenvalue weighted by atomic mass is 10.0. The zero-order chi connectivity index (χ0) is 23.7. The zero-order valence-corrected chi connectivity index (χ0v) is 20.2. The zero-order valence-electron chi connectivity index (χ0n) is 19.3. The fourth-order valence-electron chi connectivity index (χ4n) is 3.12. The predicted molar refractivity (Wildman–Crippen MR) is 120 cm³/mol. The smallest absolute Gasteiger partial charge is 0.426 e. The lowest BCUT2D eigenvalue weighted by molar-refractivity contribution is -0.143. The molecule has 1 heterocycles. The summed E-state index contributed by atoms with van der Waals surface area (Å²) in [6, 6.07) is 5.46. The molecule has 9 nitrogen and oxygen atoms in total. The summed E-state index contributed by atoms with van der Waals surface area (Å²) in [4.78, 5) is 36.2. The number of hydrogen-bond donors (Lipinski definition) is 0. The number of nitrogens with zero attached hydrogens (tertiary/aromatic N) is 2. The van der Waals surface area contributed by atoms with E-state index >= 15 is 0 Å². The molecule has 1 aliphatic rings. The molecule has 0 bridgehead atoms. The van der Waals surface area contributed by atoms with Crippen LogP contribution in [0.2, 0.25) is 0 Å². The summed E-state index contributed by atoms with van der Waals surface area (Å²) < 4.78 is 24.5. The molecule has 0 aliphatic carbocycles. The van der Waals surface area contributed by atoms with Crippen LogP contribution in [-0.2, 0) is 25.5 Å². The normalized spacial score (nSPS) is 13.8. The summed E-state index contributed by atoms with van der Waals surface area (Å²) in [5.74, 6) is 0.235. The maximum Gasteiger partial charge on any atom is 0.426 e. The Morgan fingerprint density at radius 3 is 2.22 bits per heavy atom. The standard InChI is InChI=1S/C22H32N2O7S/c1-6-28-18(25)11-13-24(14-12-19(26)29-7-2)32-23(5)21(27)30-17-10-8-9-16-15-22(3,4)31-20(16)17/h8-10H,6-7,11-15H2,1-5H3. The molecule has 0 aromatic heterocycles. The molecule has 0 fully saturated rings. The number of para-hydroxylation sites is 1. The van der Waals surface area contributed by atoms with Crippen molar-refractivity contribution in [2.45, 2.75) is 52.6 Å². The van der Waals surface area contributed by atoms with Gasteiger partial charge in [0.15, 0.2) is 11.5 Å². The van der Waals surface area contributed by atoms with Gasteiger partial charge in [0.2, 0.25) is 0 Å². The second kappa shape index (κ2) is 12.0. The van der Waals surface area contributed by atoms with Gasteiger partial charge in [-0.3, -0.25) is 9.59 Å². The number of carbonyl (C=O) groups excluding carboxylic acids is 3. The summed E-state index contributed by atoms with van der Waals surface area (Å²) in [5.41, 5.74) is 0.628. The van der Waals surface area contributed by atoms with Gasteiger partial charge in [-0.1, -0.05) is 12.1 Å². The molecule has 10 heteroatoms. The Bertz CT molecular complexity index is 793. The number of fused-ring (bicyclic) bond motifs is 1. The number of amides is 1. The van der Waals surface area contributed by atoms with Crippen molar-refractivity contribution in [3.63, 3.8) is 0 Å². The minimum Gasteiger partial charge on any atom is -0.483 e. The van der Waals surface area contributed by atoms with E-state index in [1.54, 1.807) is 31.3 Å². The quantitative estimate of drug-likeness (QED) is 0.356. The first-order valence-corrected chi connectivity index (χ1v) is 11.4. The van der Waals surface area contributed by atoms with Gasteiger partial charge in [0.25, 0.3) is 0 Å². The highest BCUT2D eigenvalue weighted by Gasteiger charge is 2.33. The fourth-order valence-corrected chi connectivity index (χ4v) is 3.92. The molecule has 2 rings (SSSR count). The highest BCUT2D eigenvalue weighted by atomic mass is 32.2. The van der Waals surface area contributed by atoms with Crippen molar-refractivity contribution < 1.29 is 33.3 Å². The first-order chi connectivity index (χ1) is 15.1. The van der Waals surface area contributed by atoms with Gasteiger partial charge in [-0.15, -0.1) is 0 Å². The van der Waals surface area contributed by atoms with Crippen molar-refractivity contribution in [2.24, 2.45) is 0 Å². The van der Waals surface area contributed by atoms with E-state index in [4.69, 9.17) is 18.9 Å². The van der Waals surface area contributed by atoms with Crippen LogP contribution in [0.4, 0.5) is 4.79 Å². The highest BCUT2D eigenvalue weighted by molar-refractivity contribution is 7.95. The summed E-state index contributed by atoms with van der Waals surface area (Å²) in [5, 5.41) is 0. The summed E-state index contributed by atoms with van der Waals surface area (Å²) in [7, 11) is 1.56. The fraction of sp³-hybridized carbons (Fsp3) is 0.591. The van der Waals surface area contributed by atoms with E-state index in [-0.39, 0.29) is 30.4 Å². The predicted octanol–water partition coefficient (Wildman–Crippen LogP) is 3.60. The molecule has 1 aliphatic heterocycles. The SMILES string of the molecule is CCOC(=O)CCN(CCC(=O)OCC)SN(C)C(=O)Oc1cccc2c1OC(C)(C)C2. The molecule has 0 atom stereocenters. The Morgan fingerprint density at radius 1 is 1.06 bits per heavy atom. The van der Waals surface area contributed by atoms with E-state index in [1.807, 2.05) is 26.0 Å². The van der Waals surface area contributed by atoms with Gasteiger partial charge >= 0.3 is 18.0 Å². The molecule has 178 valence electrons. The van der Waals surface area contributed by atoms with E-state index in [0.717, 1.165) is 24.1 Å². The Labute approximate surface area is 193 Å². The van der Waals surface area contributed by atoms with Crippen molar-refractivity contribution in [2.75, 3.05) is 33.4 Å². The lowest BCUT2D eigenvalue weighted by Gasteiger charge is -2.25. The first-order valence-electron chi connectivity index (χ1n) is 10.7. The van der Waals surface area contributed by atoms with Gasteiger partial charge in [-0.2, -0.15) is 0 Å². The molecule has 0 spiro atoms. The van der Waals surface area contributed by atoms with E-state index in [9.17, 15) is 14.4 Å². The third kappa shape index (κ3) is 7.90. The third-order valence-corrected chi connectivity index (χ3v) is 5.48. The minimum absolute atomic E-state index is 0.127. The lowest BCUT2D eigenvalue weighted by Crippen LogP contribution is -2.32. The molecule has 0 radical (unpaired) electrons. The van der Waals surface area contributed by atoms with Crippen molar-refractivity contribution in [3.8, 4) is 11.5 Å². The number of rotatable bonds is 11. The Balaban J connectivity index is 1.99. The highest BCUT2D eigenvalue weighted by Crippen LogP contribution is 2.42. The summed E-state index contributed by atoms with van der Waals surface area (Å²) in [6.07, 6.45) is 0.380. The largest absolute Gasteiger partial charge is 0.483 e. The van der Waals surface area contributed by atoms with Crippen LogP contribution in [0.1, 0.15) is 46.1 Å². The van der Waals surface area contributed by atoms with Gasteiger partial charge in [-0.25, -0.2) is 13.4 Å². The van der Waals surface area contributed by atoms with Gasteiger partial charge in [0, 0.05) is 44.3 Å². The van der Waals surface area contributed by atoms with Crippen LogP contribution < -0.4 is 9.47 Å². The Morgan fingerprint density at radius 2 is 1.66 bits per heavy atom. The minimum atomic E-state index is -0.603. The van der Waals surface area contributed by atoms with E-state index in [2.05, 4.69) is 0 Å². The van der Waals surface area contributed by atoms with Crippen molar-refractivity contribution >= 4 is 30.2 Å². The maximum atomic E-state index is 12.7. The molecular weight excluding hydrogens is 436 g/mol. The van der Waals surface area contributed by atoms with Gasteiger partial charge in [0.1, 0.15) is 5.60 Å². The molecule has 0 unspecified atom stereocenters. The van der Waals surface area contributed by atoms with Gasteiger partial charge in [-0.05, 0) is 33.8 Å². The van der Waals surface area contributed by atoms with Gasteiger partial charge in [0.05, 0.1) is 26.1 Å². The van der Waals surface area contributed by atoms with E-state index in [1.165, 1.54) is 4.31 Å². The molecule has 1 aromatic carbocycles. The number of hydrogen-bond acceptors (Lipinski definition) is 9. The van der Waals surface area contributed by atoms with Crippen molar-refractivity contribution in [1.29, 1.82) is 0 Å². The number of ether oxygens (including phenoxy) is 4. The average Bonchev–Trinajstić information content (AvgIpc) is 3.05. The molecule has 1 amide bonds. The number of benzene rings is 1. The topological polar surface area (TPSA) is 94.6 Å². The third-order valence-electron chi connectivity index (χ3n) is 4.49. The van der Waals surface area contributed by atoms with Crippen LogP contribution >= 0.6 is 12.1 Å². The summed E-state index contributed by atoms with van der Waals surface area (Å²) >= 11 is 1.06. The van der Waals surface area contributed by atoms with Crippen molar-refractivity contribution in [3.05, 3.63) is 23.8 Å². The Hall–Kier alpha value is -2.46. The number of carbonyl (C=O) groups is 3. The maximum absolute atomic E-state index is 12.7. The Kier molecular flexibility index (Phi) is 9.64. The van der Waals surface area contributed by atoms with Crippen LogP contribution in [0.3, 0.4) is 0 Å². The average molecular weight is 469 g/mol. The molecule has 0 saturated heterocycles. The van der Waals surface area contributed by atoms with Crippen LogP contribution in [0.5, 0.6) is 11.5 Å². The van der Waals surface area contributed by atoms with Crippen LogP contribution in [0.25, 0.3) is 0 Å². The molecule has 1 aromatic rings.